The number of benzene rings is 1. The fourth-order valence-electron chi connectivity index (χ4n) is 5.24. The van der Waals surface area contributed by atoms with Gasteiger partial charge in [-0.05, 0) is 50.0 Å². The number of carboxylic acids is 1. The van der Waals surface area contributed by atoms with E-state index in [0.29, 0.717) is 37.8 Å². The maximum atomic E-state index is 13.5. The summed E-state index contributed by atoms with van der Waals surface area (Å²) in [4.78, 5) is 39.5. The third-order valence-electron chi connectivity index (χ3n) is 7.04. The van der Waals surface area contributed by atoms with Gasteiger partial charge in [-0.2, -0.15) is 0 Å². The maximum absolute atomic E-state index is 13.5. The predicted molar refractivity (Wildman–Crippen MR) is 122 cm³/mol. The molecule has 1 saturated heterocycles. The third-order valence-corrected chi connectivity index (χ3v) is 7.04. The van der Waals surface area contributed by atoms with E-state index in [1.54, 1.807) is 17.0 Å². The minimum Gasteiger partial charge on any atom is -0.481 e. The molecule has 7 nitrogen and oxygen atoms in total. The number of nitrogens with two attached hydrogens (primary N) is 1. The van der Waals surface area contributed by atoms with Crippen molar-refractivity contribution < 1.29 is 19.5 Å². The molecule has 1 amide bonds. The molecule has 174 valence electrons. The highest BCUT2D eigenvalue weighted by molar-refractivity contribution is 5.95. The molecule has 1 aromatic rings. The lowest BCUT2D eigenvalue weighted by atomic mass is 9.77. The molecule has 4 N–H and O–H groups in total. The van der Waals surface area contributed by atoms with Gasteiger partial charge in [0.05, 0.1) is 6.04 Å². The number of rotatable bonds is 10. The van der Waals surface area contributed by atoms with Crippen LogP contribution in [0.25, 0.3) is 0 Å². The van der Waals surface area contributed by atoms with E-state index in [0.717, 1.165) is 37.7 Å². The lowest BCUT2D eigenvalue weighted by Crippen LogP contribution is -2.45. The Labute approximate surface area is 189 Å². The second kappa shape index (κ2) is 11.2. The van der Waals surface area contributed by atoms with Crippen LogP contribution >= 0.6 is 0 Å². The number of hydrogen-bond donors (Lipinski definition) is 3. The molecule has 1 saturated carbocycles. The van der Waals surface area contributed by atoms with E-state index in [-0.39, 0.29) is 35.8 Å². The zero-order chi connectivity index (χ0) is 23.1. The smallest absolute Gasteiger partial charge is 0.303 e. The van der Waals surface area contributed by atoms with Crippen molar-refractivity contribution in [1.29, 1.82) is 5.41 Å². The summed E-state index contributed by atoms with van der Waals surface area (Å²) in [7, 11) is 0. The molecule has 0 unspecified atom stereocenters. The van der Waals surface area contributed by atoms with Crippen LogP contribution in [0.15, 0.2) is 24.3 Å². The van der Waals surface area contributed by atoms with Gasteiger partial charge >= 0.3 is 5.97 Å². The van der Waals surface area contributed by atoms with E-state index < -0.39 is 12.0 Å². The highest BCUT2D eigenvalue weighted by atomic mass is 16.4. The molecule has 1 aliphatic carbocycles. The number of amidine groups is 1. The number of aryl methyl sites for hydroxylation is 1. The number of hydrogen-bond acceptors (Lipinski definition) is 4. The van der Waals surface area contributed by atoms with Crippen molar-refractivity contribution in [3.05, 3.63) is 35.4 Å². The lowest BCUT2D eigenvalue weighted by Gasteiger charge is -2.34. The predicted octanol–water partition coefficient (Wildman–Crippen LogP) is 3.52. The molecule has 3 rings (SSSR count). The van der Waals surface area contributed by atoms with Crippen LogP contribution in [0.1, 0.15) is 75.3 Å². The lowest BCUT2D eigenvalue weighted by molar-refractivity contribution is -0.144. The highest BCUT2D eigenvalue weighted by Crippen LogP contribution is 2.35. The van der Waals surface area contributed by atoms with E-state index in [1.165, 1.54) is 6.42 Å². The van der Waals surface area contributed by atoms with Crippen molar-refractivity contribution in [1.82, 2.24) is 4.90 Å². The van der Waals surface area contributed by atoms with Crippen molar-refractivity contribution in [2.45, 2.75) is 76.7 Å². The van der Waals surface area contributed by atoms with Crippen molar-refractivity contribution in [3.8, 4) is 0 Å². The Morgan fingerprint density at radius 3 is 2.34 bits per heavy atom. The van der Waals surface area contributed by atoms with Gasteiger partial charge in [0.15, 0.2) is 5.78 Å². The van der Waals surface area contributed by atoms with E-state index in [2.05, 4.69) is 0 Å². The first-order valence-corrected chi connectivity index (χ1v) is 11.8. The van der Waals surface area contributed by atoms with Crippen molar-refractivity contribution in [3.63, 3.8) is 0 Å². The number of likely N-dealkylation sites (tertiary alicyclic amines) is 1. The van der Waals surface area contributed by atoms with Crippen LogP contribution in [-0.2, 0) is 20.8 Å². The van der Waals surface area contributed by atoms with Gasteiger partial charge in [0.2, 0.25) is 5.91 Å². The Kier molecular flexibility index (Phi) is 8.42. The Balaban J connectivity index is 1.63. The summed E-state index contributed by atoms with van der Waals surface area (Å²) in [5, 5.41) is 16.6. The van der Waals surface area contributed by atoms with E-state index >= 15 is 0 Å². The van der Waals surface area contributed by atoms with E-state index in [9.17, 15) is 19.5 Å². The zero-order valence-corrected chi connectivity index (χ0v) is 18.7. The van der Waals surface area contributed by atoms with Gasteiger partial charge in [-0.15, -0.1) is 0 Å². The van der Waals surface area contributed by atoms with Crippen molar-refractivity contribution in [2.24, 2.45) is 17.6 Å². The SMILES string of the molecule is N=C(N)c1ccc(CCC(=O)[C@@H]2CCCN2C(=O)[C@H](CCC(=O)O)C2CCCCC2)cc1. The molecule has 1 aromatic carbocycles. The molecular weight excluding hydrogens is 406 g/mol. The number of amides is 1. The topological polar surface area (TPSA) is 125 Å². The van der Waals surface area contributed by atoms with Crippen LogP contribution in [0.5, 0.6) is 0 Å². The Morgan fingerprint density at radius 1 is 1.03 bits per heavy atom. The molecule has 0 radical (unpaired) electrons. The number of carboxylic acid groups (broad SMARTS) is 1. The molecule has 2 aliphatic rings. The highest BCUT2D eigenvalue weighted by Gasteiger charge is 2.39. The molecule has 2 atom stereocenters. The molecule has 1 heterocycles. The molecule has 0 bridgehead atoms. The van der Waals surface area contributed by atoms with Crippen LogP contribution in [0.3, 0.4) is 0 Å². The van der Waals surface area contributed by atoms with Crippen molar-refractivity contribution in [2.75, 3.05) is 6.54 Å². The van der Waals surface area contributed by atoms with E-state index in [1.807, 2.05) is 12.1 Å². The number of nitrogens with zero attached hydrogens (tertiary/aromatic N) is 1. The summed E-state index contributed by atoms with van der Waals surface area (Å²) in [5.41, 5.74) is 7.14. The number of carbonyl (C=O) groups is 3. The summed E-state index contributed by atoms with van der Waals surface area (Å²) in [5.74, 6) is -0.857. The molecule has 0 spiro atoms. The number of carbonyl (C=O) groups excluding carboxylic acids is 2. The number of aliphatic carboxylic acids is 1. The van der Waals surface area contributed by atoms with Gasteiger partial charge in [-0.25, -0.2) is 0 Å². The average Bonchev–Trinajstić information content (AvgIpc) is 3.28. The number of Topliss-reactive ketones (excluding diaryl/α,β-unsaturated/α-hetero) is 1. The molecule has 1 aliphatic heterocycles. The first-order valence-electron chi connectivity index (χ1n) is 11.8. The zero-order valence-electron chi connectivity index (χ0n) is 18.7. The van der Waals surface area contributed by atoms with Gasteiger partial charge in [-0.1, -0.05) is 43.5 Å². The minimum absolute atomic E-state index is 0.00435. The quantitative estimate of drug-likeness (QED) is 0.378. The van der Waals surface area contributed by atoms with Crippen LogP contribution in [0.4, 0.5) is 0 Å². The van der Waals surface area contributed by atoms with Gasteiger partial charge in [-0.3, -0.25) is 19.8 Å². The minimum atomic E-state index is -0.872. The Bertz CT molecular complexity index is 830. The standard InChI is InChI=1S/C25H35N3O4/c26-24(27)19-11-8-17(9-12-19)10-14-22(29)21-7-4-16-28(21)25(32)20(13-15-23(30)31)18-5-2-1-3-6-18/h8-9,11-12,18,20-21H,1-7,10,13-16H2,(H3,26,27)(H,30,31)/t20-,21+/m1/s1. The summed E-state index contributed by atoms with van der Waals surface area (Å²) in [6.45, 7) is 0.582. The summed E-state index contributed by atoms with van der Waals surface area (Å²) in [6, 6.07) is 6.93. The average molecular weight is 442 g/mol. The van der Waals surface area contributed by atoms with Gasteiger partial charge in [0, 0.05) is 30.9 Å². The van der Waals surface area contributed by atoms with E-state index in [4.69, 9.17) is 11.1 Å². The first kappa shape index (κ1) is 24.0. The second-order valence-electron chi connectivity index (χ2n) is 9.20. The fraction of sp³-hybridized carbons (Fsp3) is 0.600. The van der Waals surface area contributed by atoms with Crippen molar-refractivity contribution >= 4 is 23.5 Å². The summed E-state index contributed by atoms with van der Waals surface area (Å²) >= 11 is 0. The summed E-state index contributed by atoms with van der Waals surface area (Å²) < 4.78 is 0. The van der Waals surface area contributed by atoms with Gasteiger partial charge in [0.1, 0.15) is 5.84 Å². The molecule has 7 heteroatoms. The molecule has 32 heavy (non-hydrogen) atoms. The van der Waals surface area contributed by atoms with Crippen LogP contribution < -0.4 is 5.73 Å². The van der Waals surface area contributed by atoms with Crippen LogP contribution in [-0.4, -0.2) is 46.1 Å². The summed E-state index contributed by atoms with van der Waals surface area (Å²) in [6.07, 6.45) is 8.09. The Morgan fingerprint density at radius 2 is 1.72 bits per heavy atom. The second-order valence-corrected chi connectivity index (χ2v) is 9.20. The fourth-order valence-corrected chi connectivity index (χ4v) is 5.24. The monoisotopic (exact) mass is 441 g/mol. The normalized spacial score (nSPS) is 20.1. The van der Waals surface area contributed by atoms with Gasteiger partial charge < -0.3 is 15.7 Å². The number of nitrogens with one attached hydrogen (secondary N) is 1. The molecular formula is C25H35N3O4. The first-order chi connectivity index (χ1) is 15.4. The maximum Gasteiger partial charge on any atom is 0.303 e. The molecule has 0 aromatic heterocycles. The van der Waals surface area contributed by atoms with Gasteiger partial charge in [0.25, 0.3) is 0 Å². The molecule has 2 fully saturated rings. The number of nitrogen functional groups attached to an aromatic ring is 1. The van der Waals surface area contributed by atoms with Crippen LogP contribution in [0.2, 0.25) is 0 Å². The van der Waals surface area contributed by atoms with Crippen LogP contribution in [0, 0.1) is 17.2 Å². The largest absolute Gasteiger partial charge is 0.481 e. The Hall–Kier alpha value is -2.70. The number of ketones is 1. The third kappa shape index (κ3) is 6.17.